The number of amides is 2. The number of rotatable bonds is 1. The van der Waals surface area contributed by atoms with Gasteiger partial charge in [0.05, 0.1) is 11.2 Å². The number of halogens is 1. The molecule has 8 nitrogen and oxygen atoms in total. The lowest BCUT2D eigenvalue weighted by molar-refractivity contribution is 0.0426. The van der Waals surface area contributed by atoms with Crippen molar-refractivity contribution in [2.24, 2.45) is 0 Å². The summed E-state index contributed by atoms with van der Waals surface area (Å²) < 4.78 is 18.4. The van der Waals surface area contributed by atoms with Crippen LogP contribution in [0.1, 0.15) is 62.3 Å². The maximum absolute atomic E-state index is 13.1. The van der Waals surface area contributed by atoms with Crippen LogP contribution in [-0.4, -0.2) is 39.6 Å². The standard InChI is InChI=1S/C23H31BrN2O6/c1-21(2,3)30-18(27)25-13-17(15-12-14(24)10-11-16(15)25)26(19(28)31-22(4,5)6)20(29)32-23(7,8)9/h10-13H,1-9H3. The van der Waals surface area contributed by atoms with Crippen LogP contribution >= 0.6 is 15.9 Å². The summed E-state index contributed by atoms with van der Waals surface area (Å²) in [6.07, 6.45) is -1.12. The second-order valence-corrected chi connectivity index (χ2v) is 11.2. The number of anilines is 1. The number of carbonyl (C=O) groups is 3. The van der Waals surface area contributed by atoms with Crippen LogP contribution in [0, 0.1) is 0 Å². The molecule has 2 rings (SSSR count). The molecule has 9 heteroatoms. The van der Waals surface area contributed by atoms with Gasteiger partial charge in [0.1, 0.15) is 16.8 Å². The highest BCUT2D eigenvalue weighted by Gasteiger charge is 2.35. The molecule has 1 aromatic carbocycles. The molecular weight excluding hydrogens is 480 g/mol. The predicted molar refractivity (Wildman–Crippen MR) is 126 cm³/mol. The molecule has 0 saturated heterocycles. The monoisotopic (exact) mass is 510 g/mol. The van der Waals surface area contributed by atoms with E-state index in [1.54, 1.807) is 80.5 Å². The Morgan fingerprint density at radius 2 is 1.28 bits per heavy atom. The van der Waals surface area contributed by atoms with Crippen molar-refractivity contribution in [2.45, 2.75) is 79.1 Å². The Balaban J connectivity index is 2.71. The maximum atomic E-state index is 13.1. The van der Waals surface area contributed by atoms with E-state index >= 15 is 0 Å². The minimum Gasteiger partial charge on any atom is -0.443 e. The molecule has 0 atom stereocenters. The number of hydrogen-bond donors (Lipinski definition) is 0. The summed E-state index contributed by atoms with van der Waals surface area (Å²) in [5.74, 6) is 0. The van der Waals surface area contributed by atoms with E-state index in [1.165, 1.54) is 10.8 Å². The molecule has 0 bridgehead atoms. The zero-order valence-electron chi connectivity index (χ0n) is 20.0. The van der Waals surface area contributed by atoms with Crippen LogP contribution < -0.4 is 4.90 Å². The maximum Gasteiger partial charge on any atom is 0.424 e. The first-order chi connectivity index (χ1) is 14.4. The largest absolute Gasteiger partial charge is 0.443 e. The highest BCUT2D eigenvalue weighted by molar-refractivity contribution is 9.10. The summed E-state index contributed by atoms with van der Waals surface area (Å²) in [6, 6.07) is 5.14. The quantitative estimate of drug-likeness (QED) is 0.389. The summed E-state index contributed by atoms with van der Waals surface area (Å²) in [5.41, 5.74) is -1.87. The molecule has 0 spiro atoms. The van der Waals surface area contributed by atoms with Crippen molar-refractivity contribution >= 4 is 50.8 Å². The van der Waals surface area contributed by atoms with Gasteiger partial charge in [0.15, 0.2) is 0 Å². The van der Waals surface area contributed by atoms with Crippen LogP contribution in [0.2, 0.25) is 0 Å². The Labute approximate surface area is 196 Å². The minimum absolute atomic E-state index is 0.135. The first-order valence-corrected chi connectivity index (χ1v) is 11.0. The Hall–Kier alpha value is -2.55. The van der Waals surface area contributed by atoms with Crippen LogP contribution in [0.3, 0.4) is 0 Å². The summed E-state index contributed by atoms with van der Waals surface area (Å²) >= 11 is 3.41. The Morgan fingerprint density at radius 3 is 1.72 bits per heavy atom. The molecule has 0 unspecified atom stereocenters. The molecule has 0 fully saturated rings. The van der Waals surface area contributed by atoms with Crippen molar-refractivity contribution in [3.8, 4) is 0 Å². The molecule has 0 saturated carbocycles. The smallest absolute Gasteiger partial charge is 0.424 e. The van der Waals surface area contributed by atoms with Gasteiger partial charge in [-0.25, -0.2) is 14.4 Å². The lowest BCUT2D eigenvalue weighted by Gasteiger charge is -2.28. The minimum atomic E-state index is -0.921. The highest BCUT2D eigenvalue weighted by Crippen LogP contribution is 2.34. The molecule has 176 valence electrons. The van der Waals surface area contributed by atoms with Crippen molar-refractivity contribution < 1.29 is 28.6 Å². The summed E-state index contributed by atoms with van der Waals surface area (Å²) in [7, 11) is 0. The van der Waals surface area contributed by atoms with Gasteiger partial charge in [-0.1, -0.05) is 15.9 Å². The van der Waals surface area contributed by atoms with Crippen molar-refractivity contribution in [3.63, 3.8) is 0 Å². The van der Waals surface area contributed by atoms with E-state index in [0.29, 0.717) is 15.4 Å². The van der Waals surface area contributed by atoms with Crippen molar-refractivity contribution in [3.05, 3.63) is 28.9 Å². The van der Waals surface area contributed by atoms with Crippen LogP contribution in [-0.2, 0) is 14.2 Å². The molecule has 0 aliphatic rings. The van der Waals surface area contributed by atoms with Gasteiger partial charge in [-0.3, -0.25) is 4.57 Å². The van der Waals surface area contributed by atoms with E-state index < -0.39 is 35.1 Å². The molecule has 1 heterocycles. The average Bonchev–Trinajstić information content (AvgIpc) is 2.88. The van der Waals surface area contributed by atoms with E-state index in [0.717, 1.165) is 4.90 Å². The van der Waals surface area contributed by atoms with Gasteiger partial charge in [0.25, 0.3) is 0 Å². The first kappa shape index (κ1) is 25.7. The molecular formula is C23H31BrN2O6. The van der Waals surface area contributed by atoms with Crippen LogP contribution in [0.25, 0.3) is 10.9 Å². The fraction of sp³-hybridized carbons (Fsp3) is 0.522. The third-order valence-electron chi connectivity index (χ3n) is 3.73. The second-order valence-electron chi connectivity index (χ2n) is 10.3. The third kappa shape index (κ3) is 6.72. The number of ether oxygens (including phenoxy) is 3. The van der Waals surface area contributed by atoms with Gasteiger partial charge in [-0.2, -0.15) is 4.90 Å². The molecule has 2 aromatic rings. The summed E-state index contributed by atoms with van der Waals surface area (Å²) in [5, 5.41) is 0.460. The second kappa shape index (κ2) is 8.77. The highest BCUT2D eigenvalue weighted by atomic mass is 79.9. The van der Waals surface area contributed by atoms with Crippen LogP contribution in [0.15, 0.2) is 28.9 Å². The van der Waals surface area contributed by atoms with E-state index in [1.807, 2.05) is 0 Å². The van der Waals surface area contributed by atoms with Gasteiger partial charge in [0.2, 0.25) is 0 Å². The van der Waals surface area contributed by atoms with Crippen molar-refractivity contribution in [1.29, 1.82) is 0 Å². The summed E-state index contributed by atoms with van der Waals surface area (Å²) in [6.45, 7) is 15.4. The zero-order valence-corrected chi connectivity index (χ0v) is 21.6. The number of carbonyl (C=O) groups excluding carboxylic acids is 3. The van der Waals surface area contributed by atoms with Crippen LogP contribution in [0.4, 0.5) is 20.1 Å². The van der Waals surface area contributed by atoms with E-state index in [2.05, 4.69) is 15.9 Å². The lowest BCUT2D eigenvalue weighted by atomic mass is 10.2. The number of hydrogen-bond acceptors (Lipinski definition) is 6. The molecule has 0 aliphatic heterocycles. The lowest BCUT2D eigenvalue weighted by Crippen LogP contribution is -2.43. The normalized spacial score (nSPS) is 12.4. The Morgan fingerprint density at radius 1 is 0.812 bits per heavy atom. The number of benzene rings is 1. The third-order valence-corrected chi connectivity index (χ3v) is 4.22. The van der Waals surface area contributed by atoms with E-state index in [-0.39, 0.29) is 5.69 Å². The SMILES string of the molecule is CC(C)(C)OC(=O)N(C(=O)OC(C)(C)C)c1cn(C(=O)OC(C)(C)C)c2ccc(Br)cc12. The van der Waals surface area contributed by atoms with Crippen LogP contribution in [0.5, 0.6) is 0 Å². The Bertz CT molecular complexity index is 1010. The fourth-order valence-electron chi connectivity index (χ4n) is 2.71. The van der Waals surface area contributed by atoms with Crippen molar-refractivity contribution in [1.82, 2.24) is 4.57 Å². The average molecular weight is 511 g/mol. The van der Waals surface area contributed by atoms with E-state index in [4.69, 9.17) is 14.2 Å². The van der Waals surface area contributed by atoms with Gasteiger partial charge in [-0.05, 0) is 80.5 Å². The number of nitrogens with zero attached hydrogens (tertiary/aromatic N) is 2. The van der Waals surface area contributed by atoms with Gasteiger partial charge in [-0.15, -0.1) is 0 Å². The first-order valence-electron chi connectivity index (χ1n) is 10.2. The molecule has 0 radical (unpaired) electrons. The number of fused-ring (bicyclic) bond motifs is 1. The number of aromatic nitrogens is 1. The Kier molecular flexibility index (Phi) is 7.04. The number of imide groups is 1. The summed E-state index contributed by atoms with van der Waals surface area (Å²) in [4.78, 5) is 39.8. The molecule has 32 heavy (non-hydrogen) atoms. The van der Waals surface area contributed by atoms with Gasteiger partial charge in [0, 0.05) is 16.1 Å². The predicted octanol–water partition coefficient (Wildman–Crippen LogP) is 6.86. The van der Waals surface area contributed by atoms with E-state index in [9.17, 15) is 14.4 Å². The molecule has 2 amide bonds. The fourth-order valence-corrected chi connectivity index (χ4v) is 3.07. The molecule has 1 aromatic heterocycles. The van der Waals surface area contributed by atoms with Gasteiger partial charge >= 0.3 is 18.3 Å². The van der Waals surface area contributed by atoms with Crippen molar-refractivity contribution in [2.75, 3.05) is 4.90 Å². The molecule has 0 N–H and O–H groups in total. The van der Waals surface area contributed by atoms with Gasteiger partial charge < -0.3 is 14.2 Å². The zero-order chi connectivity index (χ0) is 24.6. The topological polar surface area (TPSA) is 87.1 Å². The molecule has 0 aliphatic carbocycles.